The first kappa shape index (κ1) is 15.2. The lowest BCUT2D eigenvalue weighted by atomic mass is 10.1. The monoisotopic (exact) mass is 303 g/mol. The summed E-state index contributed by atoms with van der Waals surface area (Å²) in [6, 6.07) is 1.14. The van der Waals surface area contributed by atoms with Crippen LogP contribution in [0.1, 0.15) is 38.7 Å². The molecule has 1 saturated heterocycles. The number of fused-ring (bicyclic) bond motifs is 1. The topological polar surface area (TPSA) is 58.3 Å². The van der Waals surface area contributed by atoms with Gasteiger partial charge >= 0.3 is 0 Å². The maximum absolute atomic E-state index is 5.34. The molecule has 1 aliphatic rings. The maximum Gasteiger partial charge on any atom is 0.263 e. The third kappa shape index (κ3) is 2.56. The van der Waals surface area contributed by atoms with Crippen molar-refractivity contribution in [1.82, 2.24) is 20.0 Å². The van der Waals surface area contributed by atoms with E-state index in [0.29, 0.717) is 17.8 Å². The highest BCUT2D eigenvalue weighted by Gasteiger charge is 2.30. The molecule has 3 rings (SSSR count). The van der Waals surface area contributed by atoms with Crippen LogP contribution in [0.2, 0.25) is 0 Å². The Morgan fingerprint density at radius 3 is 2.68 bits per heavy atom. The van der Waals surface area contributed by atoms with Crippen LogP contribution in [0, 0.1) is 13.8 Å². The van der Waals surface area contributed by atoms with Crippen LogP contribution in [0.15, 0.2) is 4.52 Å². The largest absolute Gasteiger partial charge is 0.353 e. The number of rotatable bonds is 3. The lowest BCUT2D eigenvalue weighted by molar-refractivity contribution is 0.133. The Balaban J connectivity index is 1.97. The normalized spacial score (nSPS) is 20.3. The average Bonchev–Trinajstić information content (AvgIpc) is 2.86. The van der Waals surface area contributed by atoms with Crippen LogP contribution in [-0.2, 0) is 0 Å². The summed E-state index contributed by atoms with van der Waals surface area (Å²) in [6.07, 6.45) is 1.14. The Hall–Kier alpha value is -1.69. The van der Waals surface area contributed by atoms with Crippen LogP contribution in [0.3, 0.4) is 0 Å². The third-order valence-corrected chi connectivity index (χ3v) is 4.56. The van der Waals surface area contributed by atoms with E-state index < -0.39 is 0 Å². The summed E-state index contributed by atoms with van der Waals surface area (Å²) in [4.78, 5) is 14.0. The molecule has 6 heteroatoms. The van der Waals surface area contributed by atoms with Crippen LogP contribution in [-0.4, -0.2) is 51.7 Å². The molecule has 120 valence electrons. The summed E-state index contributed by atoms with van der Waals surface area (Å²) >= 11 is 0. The molecule has 0 radical (unpaired) electrons. The molecule has 0 aromatic carbocycles. The fourth-order valence-corrected chi connectivity index (χ4v) is 3.41. The van der Waals surface area contributed by atoms with Gasteiger partial charge in [0, 0.05) is 31.7 Å². The van der Waals surface area contributed by atoms with Gasteiger partial charge in [-0.25, -0.2) is 4.98 Å². The minimum atomic E-state index is 0.555. The van der Waals surface area contributed by atoms with Crippen molar-refractivity contribution in [3.8, 4) is 0 Å². The van der Waals surface area contributed by atoms with Crippen LogP contribution in [0.5, 0.6) is 0 Å². The lowest BCUT2D eigenvalue weighted by Gasteiger charge is -2.43. The van der Waals surface area contributed by atoms with E-state index in [1.54, 1.807) is 0 Å². The number of aryl methyl sites for hydroxylation is 2. The van der Waals surface area contributed by atoms with Crippen LogP contribution in [0.25, 0.3) is 11.1 Å². The second-order valence-electron chi connectivity index (χ2n) is 6.38. The molecule has 2 aromatic rings. The first-order chi connectivity index (χ1) is 10.5. The standard InChI is InChI=1S/C16H25N5O/c1-6-13-9-20(7-8-21(13)10(2)3)15-14-11(4)19-22-16(14)18-12(5)17-15/h10,13H,6-9H2,1-5H3/t13-/m1/s1. The van der Waals surface area contributed by atoms with Gasteiger partial charge in [0.2, 0.25) is 0 Å². The molecule has 0 saturated carbocycles. The van der Waals surface area contributed by atoms with E-state index in [0.717, 1.165) is 48.8 Å². The molecule has 1 atom stereocenters. The molecule has 0 unspecified atom stereocenters. The molecule has 3 heterocycles. The molecule has 2 aromatic heterocycles. The van der Waals surface area contributed by atoms with Gasteiger partial charge in [0.1, 0.15) is 17.0 Å². The molecule has 0 bridgehead atoms. The Labute approximate surface area is 131 Å². The number of hydrogen-bond donors (Lipinski definition) is 0. The van der Waals surface area contributed by atoms with Crippen molar-refractivity contribution >= 4 is 16.9 Å². The fraction of sp³-hybridized carbons (Fsp3) is 0.688. The number of piperazine rings is 1. The van der Waals surface area contributed by atoms with Gasteiger partial charge in [-0.1, -0.05) is 12.1 Å². The number of hydrogen-bond acceptors (Lipinski definition) is 6. The summed E-state index contributed by atoms with van der Waals surface area (Å²) in [5.41, 5.74) is 1.46. The zero-order valence-electron chi connectivity index (χ0n) is 14.1. The molecule has 1 fully saturated rings. The smallest absolute Gasteiger partial charge is 0.263 e. The van der Waals surface area contributed by atoms with E-state index >= 15 is 0 Å². The van der Waals surface area contributed by atoms with Crippen molar-refractivity contribution in [2.24, 2.45) is 0 Å². The van der Waals surface area contributed by atoms with Crippen molar-refractivity contribution in [1.29, 1.82) is 0 Å². The fourth-order valence-electron chi connectivity index (χ4n) is 3.41. The van der Waals surface area contributed by atoms with Crippen molar-refractivity contribution in [2.45, 2.75) is 53.1 Å². The lowest BCUT2D eigenvalue weighted by Crippen LogP contribution is -2.55. The molecule has 6 nitrogen and oxygen atoms in total. The Bertz CT molecular complexity index is 666. The minimum Gasteiger partial charge on any atom is -0.353 e. The maximum atomic E-state index is 5.34. The highest BCUT2D eigenvalue weighted by molar-refractivity contribution is 5.88. The molecule has 0 aliphatic carbocycles. The molecular weight excluding hydrogens is 278 g/mol. The highest BCUT2D eigenvalue weighted by atomic mass is 16.5. The first-order valence-electron chi connectivity index (χ1n) is 8.12. The van der Waals surface area contributed by atoms with Gasteiger partial charge in [-0.05, 0) is 34.1 Å². The van der Waals surface area contributed by atoms with Gasteiger partial charge in [-0.3, -0.25) is 4.90 Å². The first-order valence-corrected chi connectivity index (χ1v) is 8.12. The van der Waals surface area contributed by atoms with Crippen molar-refractivity contribution in [3.63, 3.8) is 0 Å². The van der Waals surface area contributed by atoms with Gasteiger partial charge in [-0.15, -0.1) is 0 Å². The van der Waals surface area contributed by atoms with E-state index in [9.17, 15) is 0 Å². The SMILES string of the molecule is CC[C@@H]1CN(c2nc(C)nc3onc(C)c23)CCN1C(C)C. The van der Waals surface area contributed by atoms with Crippen molar-refractivity contribution in [2.75, 3.05) is 24.5 Å². The zero-order chi connectivity index (χ0) is 15.9. The van der Waals surface area contributed by atoms with E-state index in [1.807, 2.05) is 13.8 Å². The number of nitrogens with zero attached hydrogens (tertiary/aromatic N) is 5. The van der Waals surface area contributed by atoms with Gasteiger partial charge in [0.25, 0.3) is 5.71 Å². The molecule has 22 heavy (non-hydrogen) atoms. The van der Waals surface area contributed by atoms with E-state index in [-0.39, 0.29) is 0 Å². The van der Waals surface area contributed by atoms with Crippen LogP contribution < -0.4 is 4.90 Å². The summed E-state index contributed by atoms with van der Waals surface area (Å²) in [7, 11) is 0. The van der Waals surface area contributed by atoms with Gasteiger partial charge in [-0.2, -0.15) is 4.98 Å². The van der Waals surface area contributed by atoms with Crippen molar-refractivity contribution in [3.05, 3.63) is 11.5 Å². The Kier molecular flexibility index (Phi) is 4.04. The molecule has 0 spiro atoms. The van der Waals surface area contributed by atoms with E-state index in [1.165, 1.54) is 0 Å². The molecule has 1 aliphatic heterocycles. The summed E-state index contributed by atoms with van der Waals surface area (Å²) < 4.78 is 5.34. The van der Waals surface area contributed by atoms with E-state index in [2.05, 4.69) is 40.7 Å². The summed E-state index contributed by atoms with van der Waals surface area (Å²) in [5, 5.41) is 5.02. The quantitative estimate of drug-likeness (QED) is 0.868. The summed E-state index contributed by atoms with van der Waals surface area (Å²) in [6.45, 7) is 13.7. The predicted octanol–water partition coefficient (Wildman–Crippen LogP) is 2.54. The van der Waals surface area contributed by atoms with Crippen LogP contribution in [0.4, 0.5) is 5.82 Å². The van der Waals surface area contributed by atoms with E-state index in [4.69, 9.17) is 9.51 Å². The summed E-state index contributed by atoms with van der Waals surface area (Å²) in [5.74, 6) is 1.71. The Morgan fingerprint density at radius 1 is 1.23 bits per heavy atom. The molecular formula is C16H25N5O. The average molecular weight is 303 g/mol. The van der Waals surface area contributed by atoms with Gasteiger partial charge in [0.15, 0.2) is 0 Å². The molecule has 0 N–H and O–H groups in total. The molecule has 0 amide bonds. The van der Waals surface area contributed by atoms with Crippen LogP contribution >= 0.6 is 0 Å². The highest BCUT2D eigenvalue weighted by Crippen LogP contribution is 2.29. The zero-order valence-corrected chi connectivity index (χ0v) is 14.1. The second kappa shape index (κ2) is 5.83. The number of anilines is 1. The third-order valence-electron chi connectivity index (χ3n) is 4.56. The van der Waals surface area contributed by atoms with Gasteiger partial charge in [0.05, 0.1) is 5.69 Å². The predicted molar refractivity (Wildman–Crippen MR) is 87.2 cm³/mol. The minimum absolute atomic E-state index is 0.555. The second-order valence-corrected chi connectivity index (χ2v) is 6.38. The van der Waals surface area contributed by atoms with Crippen molar-refractivity contribution < 1.29 is 4.52 Å². The number of aromatic nitrogens is 3. The Morgan fingerprint density at radius 2 is 2.00 bits per heavy atom. The van der Waals surface area contributed by atoms with Gasteiger partial charge < -0.3 is 9.42 Å².